The second-order valence-electron chi connectivity index (χ2n) is 3.38. The molecule has 1 aromatic carbocycles. The van der Waals surface area contributed by atoms with E-state index in [1.807, 2.05) is 36.4 Å². The number of nitrogens with one attached hydrogen (secondary N) is 1. The average Bonchev–Trinajstić information content (AvgIpc) is 2.41. The van der Waals surface area contributed by atoms with E-state index in [2.05, 4.69) is 15.5 Å². The topological polar surface area (TPSA) is 46.5 Å². The number of benzene rings is 1. The number of hydrogen-bond donors (Lipinski definition) is 1. The molecule has 0 atom stereocenters. The third kappa shape index (κ3) is 3.31. The van der Waals surface area contributed by atoms with Crippen LogP contribution >= 0.6 is 0 Å². The van der Waals surface area contributed by atoms with E-state index < -0.39 is 0 Å². The fourth-order valence-electron chi connectivity index (χ4n) is 1.30. The largest absolute Gasteiger partial charge is 0.497 e. The minimum absolute atomic E-state index is 0.827. The molecule has 1 heterocycles. The van der Waals surface area contributed by atoms with Crippen LogP contribution in [0.25, 0.3) is 0 Å². The molecule has 1 aromatic heterocycles. The number of pyridine rings is 1. The van der Waals surface area contributed by atoms with Gasteiger partial charge in [-0.1, -0.05) is 0 Å². The van der Waals surface area contributed by atoms with Crippen molar-refractivity contribution in [1.82, 2.24) is 4.98 Å². The fourth-order valence-corrected chi connectivity index (χ4v) is 1.30. The molecule has 0 aliphatic carbocycles. The number of anilines is 1. The highest BCUT2D eigenvalue weighted by atomic mass is 16.5. The maximum Gasteiger partial charge on any atom is 0.119 e. The first-order valence-corrected chi connectivity index (χ1v) is 5.21. The molecule has 0 unspecified atom stereocenters. The summed E-state index contributed by atoms with van der Waals surface area (Å²) in [6.07, 6.45) is 5.20. The van der Waals surface area contributed by atoms with Crippen LogP contribution in [0.3, 0.4) is 0 Å². The van der Waals surface area contributed by atoms with Gasteiger partial charge in [-0.25, -0.2) is 0 Å². The van der Waals surface area contributed by atoms with Crippen LogP contribution in [0.2, 0.25) is 0 Å². The molecule has 0 fully saturated rings. The van der Waals surface area contributed by atoms with Gasteiger partial charge in [-0.05, 0) is 42.0 Å². The number of rotatable bonds is 4. The van der Waals surface area contributed by atoms with Crippen LogP contribution in [0.15, 0.2) is 53.9 Å². The Balaban J connectivity index is 1.95. The van der Waals surface area contributed by atoms with Gasteiger partial charge < -0.3 is 4.74 Å². The molecule has 0 bridgehead atoms. The molecule has 17 heavy (non-hydrogen) atoms. The number of hydrazone groups is 1. The molecule has 86 valence electrons. The summed E-state index contributed by atoms with van der Waals surface area (Å²) < 4.78 is 5.07. The molecule has 2 rings (SSSR count). The molecule has 0 saturated heterocycles. The molecule has 0 aliphatic rings. The van der Waals surface area contributed by atoms with Crippen LogP contribution in [0, 0.1) is 0 Å². The van der Waals surface area contributed by atoms with Crippen molar-refractivity contribution in [2.75, 3.05) is 12.5 Å². The van der Waals surface area contributed by atoms with Crippen LogP contribution in [0.1, 0.15) is 5.56 Å². The zero-order valence-corrected chi connectivity index (χ0v) is 9.50. The summed E-state index contributed by atoms with van der Waals surface area (Å²) in [7, 11) is 1.64. The maximum atomic E-state index is 5.07. The predicted molar refractivity (Wildman–Crippen MR) is 68.4 cm³/mol. The fraction of sp³-hybridized carbons (Fsp3) is 0.0769. The Morgan fingerprint density at radius 1 is 1.12 bits per heavy atom. The van der Waals surface area contributed by atoms with E-state index in [0.717, 1.165) is 17.0 Å². The van der Waals surface area contributed by atoms with Gasteiger partial charge in [0.1, 0.15) is 5.75 Å². The third-order valence-electron chi connectivity index (χ3n) is 2.20. The molecule has 4 nitrogen and oxygen atoms in total. The lowest BCUT2D eigenvalue weighted by molar-refractivity contribution is 0.415. The van der Waals surface area contributed by atoms with Gasteiger partial charge in [0, 0.05) is 12.4 Å². The Bertz CT molecular complexity index is 480. The molecule has 2 aromatic rings. The van der Waals surface area contributed by atoms with E-state index in [1.165, 1.54) is 0 Å². The molecule has 0 amide bonds. The van der Waals surface area contributed by atoms with E-state index >= 15 is 0 Å². The zero-order chi connectivity index (χ0) is 11.9. The molecule has 0 radical (unpaired) electrons. The number of hydrogen-bond acceptors (Lipinski definition) is 4. The Labute approximate surface area is 100.0 Å². The molecular weight excluding hydrogens is 214 g/mol. The SMILES string of the molecule is COc1ccc(N/N=C\c2ccncc2)cc1. The van der Waals surface area contributed by atoms with Crippen molar-refractivity contribution in [3.63, 3.8) is 0 Å². The Morgan fingerprint density at radius 3 is 2.47 bits per heavy atom. The molecular formula is C13H13N3O. The van der Waals surface area contributed by atoms with Gasteiger partial charge in [0.25, 0.3) is 0 Å². The van der Waals surface area contributed by atoms with E-state index in [1.54, 1.807) is 25.7 Å². The van der Waals surface area contributed by atoms with Crippen molar-refractivity contribution >= 4 is 11.9 Å². The summed E-state index contributed by atoms with van der Waals surface area (Å²) in [5.41, 5.74) is 4.85. The second-order valence-corrected chi connectivity index (χ2v) is 3.38. The van der Waals surface area contributed by atoms with E-state index in [9.17, 15) is 0 Å². The molecule has 4 heteroatoms. The van der Waals surface area contributed by atoms with Gasteiger partial charge in [-0.15, -0.1) is 0 Å². The number of methoxy groups -OCH3 is 1. The Kier molecular flexibility index (Phi) is 3.70. The highest BCUT2D eigenvalue weighted by Crippen LogP contribution is 2.14. The second kappa shape index (κ2) is 5.65. The Hall–Kier alpha value is -2.36. The quantitative estimate of drug-likeness (QED) is 0.645. The van der Waals surface area contributed by atoms with Crippen molar-refractivity contribution < 1.29 is 4.74 Å². The van der Waals surface area contributed by atoms with E-state index in [-0.39, 0.29) is 0 Å². The first kappa shape index (κ1) is 11.1. The van der Waals surface area contributed by atoms with E-state index in [0.29, 0.717) is 0 Å². The van der Waals surface area contributed by atoms with Gasteiger partial charge in [-0.2, -0.15) is 5.10 Å². The minimum atomic E-state index is 0.827. The smallest absolute Gasteiger partial charge is 0.119 e. The average molecular weight is 227 g/mol. The monoisotopic (exact) mass is 227 g/mol. The first-order chi connectivity index (χ1) is 8.38. The number of nitrogens with zero attached hydrogens (tertiary/aromatic N) is 2. The van der Waals surface area contributed by atoms with Crippen LogP contribution < -0.4 is 10.2 Å². The third-order valence-corrected chi connectivity index (χ3v) is 2.20. The Morgan fingerprint density at radius 2 is 1.82 bits per heavy atom. The lowest BCUT2D eigenvalue weighted by Gasteiger charge is -2.02. The van der Waals surface area contributed by atoms with Gasteiger partial charge in [-0.3, -0.25) is 10.4 Å². The highest BCUT2D eigenvalue weighted by Gasteiger charge is 1.91. The standard InChI is InChI=1S/C13H13N3O/c1-17-13-4-2-12(3-5-13)16-15-10-11-6-8-14-9-7-11/h2-10,16H,1H3/b15-10-. The molecule has 0 saturated carbocycles. The molecule has 0 spiro atoms. The first-order valence-electron chi connectivity index (χ1n) is 5.21. The van der Waals surface area contributed by atoms with Crippen LogP contribution in [-0.4, -0.2) is 18.3 Å². The molecule has 1 N–H and O–H groups in total. The van der Waals surface area contributed by atoms with E-state index in [4.69, 9.17) is 4.74 Å². The summed E-state index contributed by atoms with van der Waals surface area (Å²) in [6, 6.07) is 11.3. The lowest BCUT2D eigenvalue weighted by Crippen LogP contribution is -1.91. The van der Waals surface area contributed by atoms with Gasteiger partial charge in [0.2, 0.25) is 0 Å². The summed E-state index contributed by atoms with van der Waals surface area (Å²) in [6.45, 7) is 0. The summed E-state index contributed by atoms with van der Waals surface area (Å²) >= 11 is 0. The lowest BCUT2D eigenvalue weighted by atomic mass is 10.3. The number of ether oxygens (including phenoxy) is 1. The summed E-state index contributed by atoms with van der Waals surface area (Å²) in [4.78, 5) is 3.93. The van der Waals surface area contributed by atoms with Gasteiger partial charge in [0.05, 0.1) is 19.0 Å². The van der Waals surface area contributed by atoms with Gasteiger partial charge in [0.15, 0.2) is 0 Å². The van der Waals surface area contributed by atoms with Crippen molar-refractivity contribution in [1.29, 1.82) is 0 Å². The normalized spacial score (nSPS) is 10.4. The van der Waals surface area contributed by atoms with Crippen LogP contribution in [0.5, 0.6) is 5.75 Å². The van der Waals surface area contributed by atoms with Crippen molar-refractivity contribution in [3.8, 4) is 5.75 Å². The highest BCUT2D eigenvalue weighted by molar-refractivity contribution is 5.79. The van der Waals surface area contributed by atoms with Crippen LogP contribution in [-0.2, 0) is 0 Å². The van der Waals surface area contributed by atoms with Crippen molar-refractivity contribution in [2.45, 2.75) is 0 Å². The molecule has 0 aliphatic heterocycles. The summed E-state index contributed by atoms with van der Waals surface area (Å²) in [5.74, 6) is 0.827. The van der Waals surface area contributed by atoms with Crippen LogP contribution in [0.4, 0.5) is 5.69 Å². The zero-order valence-electron chi connectivity index (χ0n) is 9.50. The summed E-state index contributed by atoms with van der Waals surface area (Å²) in [5, 5.41) is 4.12. The number of aromatic nitrogens is 1. The minimum Gasteiger partial charge on any atom is -0.497 e. The van der Waals surface area contributed by atoms with Crippen molar-refractivity contribution in [3.05, 3.63) is 54.4 Å². The maximum absolute atomic E-state index is 5.07. The van der Waals surface area contributed by atoms with Crippen molar-refractivity contribution in [2.24, 2.45) is 5.10 Å². The predicted octanol–water partition coefficient (Wildman–Crippen LogP) is 2.54. The van der Waals surface area contributed by atoms with Gasteiger partial charge >= 0.3 is 0 Å².